The Bertz CT molecular complexity index is 629. The number of rotatable bonds is 4. The van der Waals surface area contributed by atoms with Crippen LogP contribution in [0.15, 0.2) is 9.31 Å². The first-order valence-corrected chi connectivity index (χ1v) is 8.26. The van der Waals surface area contributed by atoms with Crippen LogP contribution >= 0.6 is 0 Å². The Balaban J connectivity index is 2.37. The molecule has 0 aliphatic carbocycles. The Morgan fingerprint density at radius 3 is 2.48 bits per heavy atom. The number of hydrogen-bond donors (Lipinski definition) is 2. The van der Waals surface area contributed by atoms with Gasteiger partial charge in [-0.05, 0) is 39.8 Å². The van der Waals surface area contributed by atoms with E-state index in [-0.39, 0.29) is 28.0 Å². The molecule has 7 nitrogen and oxygen atoms in total. The predicted molar refractivity (Wildman–Crippen MR) is 75.7 cm³/mol. The van der Waals surface area contributed by atoms with Crippen LogP contribution in [-0.2, 0) is 14.8 Å². The van der Waals surface area contributed by atoms with Gasteiger partial charge in [-0.1, -0.05) is 0 Å². The second-order valence-electron chi connectivity index (χ2n) is 5.06. The van der Waals surface area contributed by atoms with Crippen molar-refractivity contribution in [1.82, 2.24) is 10.0 Å². The molecule has 1 saturated heterocycles. The molecule has 2 N–H and O–H groups in total. The number of methoxy groups -OCH3 is 1. The fourth-order valence-corrected chi connectivity index (χ4v) is 4.25. The van der Waals surface area contributed by atoms with Gasteiger partial charge in [-0.2, -0.15) is 0 Å². The molecule has 0 bridgehead atoms. The van der Waals surface area contributed by atoms with E-state index in [0.29, 0.717) is 12.8 Å². The van der Waals surface area contributed by atoms with E-state index in [0.717, 1.165) is 13.1 Å². The number of nitrogens with one attached hydrogen (secondary N) is 2. The molecule has 0 spiro atoms. The normalized spacial score (nSPS) is 16.9. The summed E-state index contributed by atoms with van der Waals surface area (Å²) in [6.07, 6.45) is 1.42. The molecule has 0 atom stereocenters. The summed E-state index contributed by atoms with van der Waals surface area (Å²) in [4.78, 5) is 11.7. The Hall–Kier alpha value is -1.38. The van der Waals surface area contributed by atoms with E-state index in [1.54, 1.807) is 6.92 Å². The molecule has 0 unspecified atom stereocenters. The number of carbonyl (C=O) groups excluding carboxylic acids is 1. The Morgan fingerprint density at radius 1 is 1.29 bits per heavy atom. The highest BCUT2D eigenvalue weighted by Gasteiger charge is 2.33. The fourth-order valence-electron chi connectivity index (χ4n) is 2.54. The number of carbonyl (C=O) groups is 1. The molecule has 2 heterocycles. The zero-order valence-electron chi connectivity index (χ0n) is 12.4. The van der Waals surface area contributed by atoms with Crippen molar-refractivity contribution in [3.05, 3.63) is 17.1 Å². The zero-order chi connectivity index (χ0) is 15.6. The van der Waals surface area contributed by atoms with Crippen molar-refractivity contribution in [1.29, 1.82) is 0 Å². The maximum atomic E-state index is 12.6. The SMILES string of the molecule is COC(=O)c1c(C)oc(C)c1S(=O)(=O)NC1CCNCC1. The summed E-state index contributed by atoms with van der Waals surface area (Å²) in [7, 11) is -2.62. The van der Waals surface area contributed by atoms with E-state index in [2.05, 4.69) is 14.8 Å². The Labute approximate surface area is 124 Å². The predicted octanol–water partition coefficient (Wildman–Crippen LogP) is 0.713. The molecule has 118 valence electrons. The number of hydrogen-bond acceptors (Lipinski definition) is 6. The van der Waals surface area contributed by atoms with Crippen LogP contribution in [0.2, 0.25) is 0 Å². The molecule has 0 radical (unpaired) electrons. The van der Waals surface area contributed by atoms with Crippen molar-refractivity contribution in [2.45, 2.75) is 37.6 Å². The summed E-state index contributed by atoms with van der Waals surface area (Å²) in [6, 6.07) is -0.142. The summed E-state index contributed by atoms with van der Waals surface area (Å²) in [5.74, 6) is -0.283. The number of furan rings is 1. The molecule has 1 aliphatic heterocycles. The third-order valence-corrected chi connectivity index (χ3v) is 5.20. The van der Waals surface area contributed by atoms with Gasteiger partial charge in [0.15, 0.2) is 0 Å². The van der Waals surface area contributed by atoms with Gasteiger partial charge in [-0.15, -0.1) is 0 Å². The molecule has 0 saturated carbocycles. The highest BCUT2D eigenvalue weighted by molar-refractivity contribution is 7.89. The average molecular weight is 316 g/mol. The minimum Gasteiger partial charge on any atom is -0.465 e. The molecule has 2 rings (SSSR count). The van der Waals surface area contributed by atoms with E-state index >= 15 is 0 Å². The van der Waals surface area contributed by atoms with Gasteiger partial charge in [-0.3, -0.25) is 0 Å². The molecule has 8 heteroatoms. The average Bonchev–Trinajstić information content (AvgIpc) is 2.74. The number of sulfonamides is 1. The largest absolute Gasteiger partial charge is 0.465 e. The van der Waals surface area contributed by atoms with Crippen LogP contribution < -0.4 is 10.0 Å². The highest BCUT2D eigenvalue weighted by atomic mass is 32.2. The van der Waals surface area contributed by atoms with E-state index in [1.165, 1.54) is 14.0 Å². The van der Waals surface area contributed by atoms with Crippen LogP contribution in [0.25, 0.3) is 0 Å². The van der Waals surface area contributed by atoms with Crippen molar-refractivity contribution < 1.29 is 22.4 Å². The van der Waals surface area contributed by atoms with E-state index in [4.69, 9.17) is 4.42 Å². The molecule has 1 fully saturated rings. The smallest absolute Gasteiger partial charge is 0.342 e. The van der Waals surface area contributed by atoms with Gasteiger partial charge in [0.1, 0.15) is 22.0 Å². The molecular weight excluding hydrogens is 296 g/mol. The molecule has 0 amide bonds. The van der Waals surface area contributed by atoms with Crippen LogP contribution in [0.5, 0.6) is 0 Å². The van der Waals surface area contributed by atoms with Gasteiger partial charge < -0.3 is 14.5 Å². The minimum absolute atomic E-state index is 0.0311. The highest BCUT2D eigenvalue weighted by Crippen LogP contribution is 2.27. The van der Waals surface area contributed by atoms with Gasteiger partial charge in [0, 0.05) is 6.04 Å². The number of ether oxygens (including phenoxy) is 1. The van der Waals surface area contributed by atoms with Crippen LogP contribution in [0.3, 0.4) is 0 Å². The van der Waals surface area contributed by atoms with Crippen molar-refractivity contribution >= 4 is 16.0 Å². The van der Waals surface area contributed by atoms with E-state index in [9.17, 15) is 13.2 Å². The maximum absolute atomic E-state index is 12.6. The lowest BCUT2D eigenvalue weighted by Gasteiger charge is -2.23. The van der Waals surface area contributed by atoms with Crippen molar-refractivity contribution in [2.75, 3.05) is 20.2 Å². The van der Waals surface area contributed by atoms with Gasteiger partial charge in [0.05, 0.1) is 7.11 Å². The zero-order valence-corrected chi connectivity index (χ0v) is 13.2. The monoisotopic (exact) mass is 316 g/mol. The first-order chi connectivity index (χ1) is 9.86. The topological polar surface area (TPSA) is 97.6 Å². The summed E-state index contributed by atoms with van der Waals surface area (Å²) < 4.78 is 37.8. The second-order valence-corrected chi connectivity index (χ2v) is 6.71. The number of piperidine rings is 1. The fraction of sp³-hybridized carbons (Fsp3) is 0.615. The standard InChI is InChI=1S/C13H20N2O5S/c1-8-11(13(16)19-3)12(9(2)20-8)21(17,18)15-10-4-6-14-7-5-10/h10,14-15H,4-7H2,1-3H3. The van der Waals surface area contributed by atoms with Gasteiger partial charge >= 0.3 is 5.97 Å². The van der Waals surface area contributed by atoms with Crippen molar-refractivity contribution in [2.24, 2.45) is 0 Å². The minimum atomic E-state index is -3.83. The van der Waals surface area contributed by atoms with Crippen molar-refractivity contribution in [3.8, 4) is 0 Å². The summed E-state index contributed by atoms with van der Waals surface area (Å²) in [5, 5.41) is 3.17. The van der Waals surface area contributed by atoms with E-state index in [1.807, 2.05) is 0 Å². The summed E-state index contributed by atoms with van der Waals surface area (Å²) >= 11 is 0. The molecule has 1 aromatic rings. The van der Waals surface area contributed by atoms with Gasteiger partial charge in [-0.25, -0.2) is 17.9 Å². The summed E-state index contributed by atoms with van der Waals surface area (Å²) in [6.45, 7) is 4.60. The van der Waals surface area contributed by atoms with Crippen LogP contribution in [0.1, 0.15) is 34.7 Å². The van der Waals surface area contributed by atoms with Gasteiger partial charge in [0.2, 0.25) is 10.0 Å². The van der Waals surface area contributed by atoms with Crippen LogP contribution in [0, 0.1) is 13.8 Å². The first kappa shape index (κ1) is 16.0. The Kier molecular flexibility index (Phi) is 4.70. The number of aryl methyl sites for hydroxylation is 2. The lowest BCUT2D eigenvalue weighted by molar-refractivity contribution is 0.0595. The molecule has 0 aromatic carbocycles. The quantitative estimate of drug-likeness (QED) is 0.794. The Morgan fingerprint density at radius 2 is 1.90 bits per heavy atom. The van der Waals surface area contributed by atoms with Crippen LogP contribution in [-0.4, -0.2) is 40.6 Å². The molecule has 1 aromatic heterocycles. The lowest BCUT2D eigenvalue weighted by Crippen LogP contribution is -2.43. The van der Waals surface area contributed by atoms with Crippen LogP contribution in [0.4, 0.5) is 0 Å². The van der Waals surface area contributed by atoms with E-state index < -0.39 is 16.0 Å². The summed E-state index contributed by atoms with van der Waals surface area (Å²) in [5.41, 5.74) is -0.0311. The van der Waals surface area contributed by atoms with Crippen molar-refractivity contribution in [3.63, 3.8) is 0 Å². The molecular formula is C13H20N2O5S. The first-order valence-electron chi connectivity index (χ1n) is 6.78. The lowest BCUT2D eigenvalue weighted by atomic mass is 10.1. The van der Waals surface area contributed by atoms with Gasteiger partial charge in [0.25, 0.3) is 0 Å². The molecule has 1 aliphatic rings. The third kappa shape index (κ3) is 3.28. The number of esters is 1. The second kappa shape index (κ2) is 6.17. The third-order valence-electron chi connectivity index (χ3n) is 3.52. The maximum Gasteiger partial charge on any atom is 0.342 e. The molecule has 21 heavy (non-hydrogen) atoms.